The Morgan fingerprint density at radius 3 is 2.92 bits per heavy atom. The van der Waals surface area contributed by atoms with E-state index in [4.69, 9.17) is 11.0 Å². The zero-order chi connectivity index (χ0) is 8.97. The predicted molar refractivity (Wildman–Crippen MR) is 48.4 cm³/mol. The maximum absolute atomic E-state index is 11.1. The van der Waals surface area contributed by atoms with Gasteiger partial charge in [0.15, 0.2) is 0 Å². The summed E-state index contributed by atoms with van der Waals surface area (Å²) >= 11 is 0.604. The van der Waals surface area contributed by atoms with Gasteiger partial charge in [0.2, 0.25) is 5.12 Å². The van der Waals surface area contributed by atoms with Gasteiger partial charge in [0.25, 0.3) is 0 Å². The maximum atomic E-state index is 11.1. The molecule has 1 aromatic rings. The van der Waals surface area contributed by atoms with Crippen LogP contribution < -0.4 is 5.73 Å². The SMILES string of the molecule is N#CSC(=O)c1cccc(N)c1. The summed E-state index contributed by atoms with van der Waals surface area (Å²) in [6.45, 7) is 0. The molecule has 3 nitrogen and oxygen atoms in total. The molecule has 0 bridgehead atoms. The second kappa shape index (κ2) is 3.79. The smallest absolute Gasteiger partial charge is 0.233 e. The third-order valence-corrected chi connectivity index (χ3v) is 1.77. The van der Waals surface area contributed by atoms with Crippen molar-refractivity contribution in [3.05, 3.63) is 29.8 Å². The van der Waals surface area contributed by atoms with Gasteiger partial charge in [-0.1, -0.05) is 12.1 Å². The number of nitrogens with two attached hydrogens (primary N) is 1. The summed E-state index contributed by atoms with van der Waals surface area (Å²) in [6.07, 6.45) is 0. The largest absolute Gasteiger partial charge is 0.399 e. The number of anilines is 1. The Hall–Kier alpha value is -1.47. The van der Waals surface area contributed by atoms with Crippen LogP contribution in [0.2, 0.25) is 0 Å². The second-order valence-electron chi connectivity index (χ2n) is 2.11. The van der Waals surface area contributed by atoms with Gasteiger partial charge in [0, 0.05) is 23.0 Å². The van der Waals surface area contributed by atoms with E-state index in [2.05, 4.69) is 0 Å². The molecule has 0 radical (unpaired) electrons. The van der Waals surface area contributed by atoms with Gasteiger partial charge in [-0.2, -0.15) is 5.26 Å². The van der Waals surface area contributed by atoms with Crippen LogP contribution in [0.15, 0.2) is 24.3 Å². The van der Waals surface area contributed by atoms with Crippen molar-refractivity contribution in [1.29, 1.82) is 5.26 Å². The fourth-order valence-corrected chi connectivity index (χ4v) is 1.09. The summed E-state index contributed by atoms with van der Waals surface area (Å²) in [7, 11) is 0. The average molecular weight is 178 g/mol. The molecule has 1 aromatic carbocycles. The van der Waals surface area contributed by atoms with Gasteiger partial charge in [-0.25, -0.2) is 0 Å². The van der Waals surface area contributed by atoms with Crippen LogP contribution in [0.25, 0.3) is 0 Å². The minimum Gasteiger partial charge on any atom is -0.399 e. The van der Waals surface area contributed by atoms with E-state index in [0.717, 1.165) is 0 Å². The monoisotopic (exact) mass is 178 g/mol. The number of nitriles is 1. The number of thioether (sulfide) groups is 1. The first-order chi connectivity index (χ1) is 5.74. The van der Waals surface area contributed by atoms with Gasteiger partial charge in [-0.3, -0.25) is 4.79 Å². The Balaban J connectivity index is 2.90. The van der Waals surface area contributed by atoms with Crippen molar-refractivity contribution in [2.75, 3.05) is 5.73 Å². The summed E-state index contributed by atoms with van der Waals surface area (Å²) in [5.41, 5.74) is 6.44. The van der Waals surface area contributed by atoms with Crippen molar-refractivity contribution in [2.45, 2.75) is 0 Å². The molecule has 0 aromatic heterocycles. The predicted octanol–water partition coefficient (Wildman–Crippen LogP) is 1.62. The molecule has 0 aliphatic carbocycles. The van der Waals surface area contributed by atoms with E-state index < -0.39 is 0 Å². The van der Waals surface area contributed by atoms with Gasteiger partial charge < -0.3 is 5.73 Å². The van der Waals surface area contributed by atoms with Crippen LogP contribution in [-0.4, -0.2) is 5.12 Å². The van der Waals surface area contributed by atoms with Gasteiger partial charge in [-0.05, 0) is 12.1 Å². The van der Waals surface area contributed by atoms with Crippen molar-refractivity contribution in [3.8, 4) is 5.40 Å². The second-order valence-corrected chi connectivity index (χ2v) is 2.86. The summed E-state index contributed by atoms with van der Waals surface area (Å²) < 4.78 is 0. The molecule has 0 aliphatic rings. The number of thiocyanates is 1. The quantitative estimate of drug-likeness (QED) is 0.524. The lowest BCUT2D eigenvalue weighted by atomic mass is 10.2. The first-order valence-electron chi connectivity index (χ1n) is 3.20. The molecule has 0 aliphatic heterocycles. The Bertz CT molecular complexity index is 343. The van der Waals surface area contributed by atoms with Crippen LogP contribution in [0.4, 0.5) is 5.69 Å². The Labute approximate surface area is 74.2 Å². The Morgan fingerprint density at radius 1 is 1.58 bits per heavy atom. The summed E-state index contributed by atoms with van der Waals surface area (Å²) in [5, 5.41) is 9.67. The van der Waals surface area contributed by atoms with E-state index in [1.807, 2.05) is 0 Å². The number of rotatable bonds is 1. The maximum Gasteiger partial charge on any atom is 0.233 e. The molecule has 12 heavy (non-hydrogen) atoms. The molecule has 4 heteroatoms. The Morgan fingerprint density at radius 2 is 2.33 bits per heavy atom. The molecule has 0 saturated carbocycles. The number of benzene rings is 1. The third-order valence-electron chi connectivity index (χ3n) is 1.26. The molecule has 0 saturated heterocycles. The number of carbonyl (C=O) groups is 1. The molecule has 0 unspecified atom stereocenters. The van der Waals surface area contributed by atoms with Gasteiger partial charge in [0.1, 0.15) is 5.40 Å². The number of nitrogen functional groups attached to an aromatic ring is 1. The average Bonchev–Trinajstić information content (AvgIpc) is 2.05. The lowest BCUT2D eigenvalue weighted by molar-refractivity contribution is 0.109. The highest BCUT2D eigenvalue weighted by atomic mass is 32.2. The molecular weight excluding hydrogens is 172 g/mol. The van der Waals surface area contributed by atoms with Crippen LogP contribution in [0.5, 0.6) is 0 Å². The van der Waals surface area contributed by atoms with Crippen LogP contribution in [0.3, 0.4) is 0 Å². The van der Waals surface area contributed by atoms with Crippen LogP contribution in [0, 0.1) is 10.7 Å². The van der Waals surface area contributed by atoms with E-state index in [1.54, 1.807) is 29.7 Å². The van der Waals surface area contributed by atoms with Gasteiger partial charge in [-0.15, -0.1) is 0 Å². The van der Waals surface area contributed by atoms with E-state index in [0.29, 0.717) is 23.0 Å². The fraction of sp³-hybridized carbons (Fsp3) is 0. The Kier molecular flexibility index (Phi) is 2.72. The number of hydrogen-bond acceptors (Lipinski definition) is 4. The highest BCUT2D eigenvalue weighted by Gasteiger charge is 2.04. The first-order valence-corrected chi connectivity index (χ1v) is 4.01. The number of nitrogens with zero attached hydrogens (tertiary/aromatic N) is 1. The van der Waals surface area contributed by atoms with E-state index >= 15 is 0 Å². The van der Waals surface area contributed by atoms with Gasteiger partial charge >= 0.3 is 0 Å². The number of hydrogen-bond donors (Lipinski definition) is 1. The van der Waals surface area contributed by atoms with E-state index in [1.165, 1.54) is 0 Å². The molecule has 1 rings (SSSR count). The van der Waals surface area contributed by atoms with Crippen molar-refractivity contribution in [2.24, 2.45) is 0 Å². The zero-order valence-corrected chi connectivity index (χ0v) is 6.97. The van der Waals surface area contributed by atoms with E-state index in [-0.39, 0.29) is 5.12 Å². The summed E-state index contributed by atoms with van der Waals surface area (Å²) in [6, 6.07) is 6.55. The topological polar surface area (TPSA) is 66.9 Å². The van der Waals surface area contributed by atoms with Crippen molar-refractivity contribution < 1.29 is 4.79 Å². The normalized spacial score (nSPS) is 8.92. The molecule has 0 heterocycles. The molecule has 0 spiro atoms. The summed E-state index contributed by atoms with van der Waals surface area (Å²) in [5.74, 6) is 0. The summed E-state index contributed by atoms with van der Waals surface area (Å²) in [4.78, 5) is 11.1. The molecule has 0 atom stereocenters. The third kappa shape index (κ3) is 2.01. The van der Waals surface area contributed by atoms with Crippen LogP contribution in [-0.2, 0) is 0 Å². The molecular formula is C8H6N2OS. The highest BCUT2D eigenvalue weighted by molar-refractivity contribution is 8.18. The van der Waals surface area contributed by atoms with Gasteiger partial charge in [0.05, 0.1) is 0 Å². The molecule has 0 fully saturated rings. The fourth-order valence-electron chi connectivity index (χ4n) is 0.766. The molecule has 60 valence electrons. The van der Waals surface area contributed by atoms with E-state index in [9.17, 15) is 4.79 Å². The van der Waals surface area contributed by atoms with Crippen LogP contribution >= 0.6 is 11.8 Å². The zero-order valence-electron chi connectivity index (χ0n) is 6.15. The molecule has 0 amide bonds. The van der Waals surface area contributed by atoms with Crippen molar-refractivity contribution in [3.63, 3.8) is 0 Å². The van der Waals surface area contributed by atoms with Crippen molar-refractivity contribution in [1.82, 2.24) is 0 Å². The minimum absolute atomic E-state index is 0.273. The van der Waals surface area contributed by atoms with Crippen LogP contribution in [0.1, 0.15) is 10.4 Å². The molecule has 2 N–H and O–H groups in total. The highest BCUT2D eigenvalue weighted by Crippen LogP contribution is 2.13. The van der Waals surface area contributed by atoms with Crippen molar-refractivity contribution >= 4 is 22.6 Å². The lowest BCUT2D eigenvalue weighted by Gasteiger charge is -1.95. The first kappa shape index (κ1) is 8.62. The number of carbonyl (C=O) groups excluding carboxylic acids is 1. The lowest BCUT2D eigenvalue weighted by Crippen LogP contribution is -1.93. The standard InChI is InChI=1S/C8H6N2OS/c9-5-12-8(11)6-2-1-3-7(10)4-6/h1-4H,10H2. The minimum atomic E-state index is -0.273.